The molecule has 3 heteroatoms. The van der Waals surface area contributed by atoms with Gasteiger partial charge in [0.2, 0.25) is 0 Å². The highest BCUT2D eigenvalue weighted by Crippen LogP contribution is 2.26. The van der Waals surface area contributed by atoms with Crippen molar-refractivity contribution < 1.29 is 4.74 Å². The van der Waals surface area contributed by atoms with Crippen molar-refractivity contribution in [3.63, 3.8) is 0 Å². The first-order chi connectivity index (χ1) is 7.65. The van der Waals surface area contributed by atoms with E-state index < -0.39 is 0 Å². The first-order valence-electron chi connectivity index (χ1n) is 5.38. The second-order valence-electron chi connectivity index (χ2n) is 3.85. The van der Waals surface area contributed by atoms with Gasteiger partial charge in [-0.3, -0.25) is 0 Å². The van der Waals surface area contributed by atoms with Gasteiger partial charge < -0.3 is 10.5 Å². The Balaban J connectivity index is 2.78. The molecule has 0 amide bonds. The topological polar surface area (TPSA) is 35.2 Å². The average Bonchev–Trinajstić information content (AvgIpc) is 2.22. The van der Waals surface area contributed by atoms with Crippen LogP contribution < -0.4 is 10.5 Å². The van der Waals surface area contributed by atoms with Gasteiger partial charge in [-0.25, -0.2) is 0 Å². The van der Waals surface area contributed by atoms with E-state index in [0.717, 1.165) is 22.8 Å². The molecule has 1 aromatic rings. The van der Waals surface area contributed by atoms with Gasteiger partial charge in [0.25, 0.3) is 0 Å². The lowest BCUT2D eigenvalue weighted by Crippen LogP contribution is -2.06. The van der Waals surface area contributed by atoms with Crippen molar-refractivity contribution in [3.05, 3.63) is 40.4 Å². The fourth-order valence-electron chi connectivity index (χ4n) is 1.36. The molecule has 16 heavy (non-hydrogen) atoms. The molecule has 0 saturated heterocycles. The van der Waals surface area contributed by atoms with E-state index in [4.69, 9.17) is 22.1 Å². The SMILES string of the molecule is CC(C)=CCOc1cccc(Cl)c1CCN. The monoisotopic (exact) mass is 239 g/mol. The zero-order valence-corrected chi connectivity index (χ0v) is 10.6. The van der Waals surface area contributed by atoms with Crippen molar-refractivity contribution in [2.24, 2.45) is 5.73 Å². The maximum atomic E-state index is 6.10. The number of halogens is 1. The molecule has 2 N–H and O–H groups in total. The summed E-state index contributed by atoms with van der Waals surface area (Å²) in [6.45, 7) is 5.23. The minimum absolute atomic E-state index is 0.570. The summed E-state index contributed by atoms with van der Waals surface area (Å²) < 4.78 is 5.66. The van der Waals surface area contributed by atoms with Crippen molar-refractivity contribution in [1.82, 2.24) is 0 Å². The van der Waals surface area contributed by atoms with E-state index in [2.05, 4.69) is 0 Å². The molecule has 0 spiro atoms. The van der Waals surface area contributed by atoms with E-state index in [1.54, 1.807) is 0 Å². The van der Waals surface area contributed by atoms with Gasteiger partial charge in [0.1, 0.15) is 12.4 Å². The Hall–Kier alpha value is -0.990. The maximum Gasteiger partial charge on any atom is 0.124 e. The largest absolute Gasteiger partial charge is 0.489 e. The van der Waals surface area contributed by atoms with Gasteiger partial charge in [-0.05, 0) is 45.0 Å². The summed E-state index contributed by atoms with van der Waals surface area (Å²) in [7, 11) is 0. The summed E-state index contributed by atoms with van der Waals surface area (Å²) in [6, 6.07) is 5.68. The van der Waals surface area contributed by atoms with E-state index in [1.165, 1.54) is 5.57 Å². The molecule has 0 aromatic heterocycles. The predicted molar refractivity (Wildman–Crippen MR) is 69.1 cm³/mol. The van der Waals surface area contributed by atoms with Crippen LogP contribution in [0.15, 0.2) is 29.8 Å². The first kappa shape index (κ1) is 13.1. The fourth-order valence-corrected chi connectivity index (χ4v) is 1.62. The maximum absolute atomic E-state index is 6.10. The van der Waals surface area contributed by atoms with Crippen molar-refractivity contribution in [3.8, 4) is 5.75 Å². The zero-order valence-electron chi connectivity index (χ0n) is 9.79. The van der Waals surface area contributed by atoms with Crippen LogP contribution in [0.5, 0.6) is 5.75 Å². The third kappa shape index (κ3) is 3.87. The van der Waals surface area contributed by atoms with Gasteiger partial charge in [-0.1, -0.05) is 23.2 Å². The minimum atomic E-state index is 0.570. The standard InChI is InChI=1S/C13H18ClNO/c1-10(2)7-9-16-13-5-3-4-12(14)11(13)6-8-15/h3-5,7H,6,8-9,15H2,1-2H3. The highest BCUT2D eigenvalue weighted by atomic mass is 35.5. The van der Waals surface area contributed by atoms with Gasteiger partial charge in [0, 0.05) is 10.6 Å². The van der Waals surface area contributed by atoms with Crippen molar-refractivity contribution in [2.75, 3.05) is 13.2 Å². The Morgan fingerprint density at radius 1 is 1.44 bits per heavy atom. The van der Waals surface area contributed by atoms with Crippen molar-refractivity contribution in [1.29, 1.82) is 0 Å². The summed E-state index contributed by atoms with van der Waals surface area (Å²) in [5, 5.41) is 0.722. The number of hydrogen-bond donors (Lipinski definition) is 1. The van der Waals surface area contributed by atoms with Crippen molar-refractivity contribution in [2.45, 2.75) is 20.3 Å². The molecular formula is C13H18ClNO. The van der Waals surface area contributed by atoms with Gasteiger partial charge in [0.15, 0.2) is 0 Å². The number of allylic oxidation sites excluding steroid dienone is 1. The van der Waals surface area contributed by atoms with E-state index in [0.29, 0.717) is 13.2 Å². The van der Waals surface area contributed by atoms with Crippen LogP contribution in [0.25, 0.3) is 0 Å². The summed E-state index contributed by atoms with van der Waals surface area (Å²) in [4.78, 5) is 0. The molecule has 0 heterocycles. The molecule has 0 saturated carbocycles. The second-order valence-corrected chi connectivity index (χ2v) is 4.25. The molecule has 0 bridgehead atoms. The third-order valence-corrected chi connectivity index (χ3v) is 2.55. The van der Waals surface area contributed by atoms with Gasteiger partial charge >= 0.3 is 0 Å². The second kappa shape index (κ2) is 6.56. The summed E-state index contributed by atoms with van der Waals surface area (Å²) >= 11 is 6.10. The number of rotatable bonds is 5. The van der Waals surface area contributed by atoms with Crippen LogP contribution in [-0.4, -0.2) is 13.2 Å². The highest BCUT2D eigenvalue weighted by Gasteiger charge is 2.06. The Kier molecular flexibility index (Phi) is 5.36. The molecule has 1 aromatic carbocycles. The molecule has 0 fully saturated rings. The van der Waals surface area contributed by atoms with Crippen LogP contribution in [-0.2, 0) is 6.42 Å². The van der Waals surface area contributed by atoms with Crippen molar-refractivity contribution >= 4 is 11.6 Å². The number of nitrogens with two attached hydrogens (primary N) is 1. The Labute approximate surface area is 102 Å². The molecule has 0 aliphatic heterocycles. The van der Waals surface area contributed by atoms with E-state index in [1.807, 2.05) is 38.1 Å². The lowest BCUT2D eigenvalue weighted by molar-refractivity contribution is 0.358. The summed E-state index contributed by atoms with van der Waals surface area (Å²) in [6.07, 6.45) is 2.77. The van der Waals surface area contributed by atoms with Crippen LogP contribution in [0.3, 0.4) is 0 Å². The molecule has 0 unspecified atom stereocenters. The fraction of sp³-hybridized carbons (Fsp3) is 0.385. The van der Waals surface area contributed by atoms with E-state index in [-0.39, 0.29) is 0 Å². The van der Waals surface area contributed by atoms with Gasteiger partial charge in [-0.15, -0.1) is 0 Å². The van der Waals surface area contributed by atoms with E-state index in [9.17, 15) is 0 Å². The number of hydrogen-bond acceptors (Lipinski definition) is 2. The summed E-state index contributed by atoms with van der Waals surface area (Å²) in [5.74, 6) is 0.829. The molecule has 0 radical (unpaired) electrons. The van der Waals surface area contributed by atoms with Crippen LogP contribution in [0.4, 0.5) is 0 Å². The zero-order chi connectivity index (χ0) is 12.0. The van der Waals surface area contributed by atoms with Crippen LogP contribution in [0.2, 0.25) is 5.02 Å². The molecule has 0 aliphatic carbocycles. The molecular weight excluding hydrogens is 222 g/mol. The lowest BCUT2D eigenvalue weighted by atomic mass is 10.1. The molecule has 88 valence electrons. The Bertz CT molecular complexity index is 370. The first-order valence-corrected chi connectivity index (χ1v) is 5.76. The Morgan fingerprint density at radius 3 is 2.81 bits per heavy atom. The summed E-state index contributed by atoms with van der Waals surface area (Å²) in [5.41, 5.74) is 7.78. The average molecular weight is 240 g/mol. The van der Waals surface area contributed by atoms with Gasteiger partial charge in [0.05, 0.1) is 0 Å². The lowest BCUT2D eigenvalue weighted by Gasteiger charge is -2.11. The highest BCUT2D eigenvalue weighted by molar-refractivity contribution is 6.31. The number of ether oxygens (including phenoxy) is 1. The number of benzene rings is 1. The molecule has 2 nitrogen and oxygen atoms in total. The third-order valence-electron chi connectivity index (χ3n) is 2.20. The van der Waals surface area contributed by atoms with Crippen LogP contribution in [0, 0.1) is 0 Å². The quantitative estimate of drug-likeness (QED) is 0.801. The predicted octanol–water partition coefficient (Wildman–Crippen LogP) is 3.19. The van der Waals surface area contributed by atoms with Gasteiger partial charge in [-0.2, -0.15) is 0 Å². The minimum Gasteiger partial charge on any atom is -0.489 e. The molecule has 1 rings (SSSR count). The Morgan fingerprint density at radius 2 is 2.19 bits per heavy atom. The van der Waals surface area contributed by atoms with Crippen LogP contribution in [0.1, 0.15) is 19.4 Å². The molecule has 0 atom stereocenters. The van der Waals surface area contributed by atoms with E-state index >= 15 is 0 Å². The normalized spacial score (nSPS) is 10.0. The van der Waals surface area contributed by atoms with Crippen LogP contribution >= 0.6 is 11.6 Å². The molecule has 0 aliphatic rings. The smallest absolute Gasteiger partial charge is 0.124 e.